The topological polar surface area (TPSA) is 26.3 Å². The second-order valence-electron chi connectivity index (χ2n) is 1.70. The van der Waals surface area contributed by atoms with Gasteiger partial charge in [0.1, 0.15) is 0 Å². The van der Waals surface area contributed by atoms with E-state index in [0.717, 1.165) is 12.2 Å². The van der Waals surface area contributed by atoms with Crippen molar-refractivity contribution in [2.45, 2.75) is 13.3 Å². The number of methoxy groups -OCH3 is 1. The number of thioether (sulfide) groups is 1. The Hall–Kier alpha value is -0.440. The van der Waals surface area contributed by atoms with E-state index in [4.69, 9.17) is 0 Å². The van der Waals surface area contributed by atoms with Gasteiger partial charge in [-0.2, -0.15) is 0 Å². The van der Waals surface area contributed by atoms with Gasteiger partial charge in [0, 0.05) is 6.08 Å². The number of hydrogen-bond acceptors (Lipinski definition) is 3. The Balaban J connectivity index is 3.27. The van der Waals surface area contributed by atoms with Gasteiger partial charge in [0.25, 0.3) is 0 Å². The molecule has 0 atom stereocenters. The van der Waals surface area contributed by atoms with Crippen LogP contribution in [0.25, 0.3) is 0 Å². The SMILES string of the molecule is CCCS/C=C/C(=O)OC. The van der Waals surface area contributed by atoms with Gasteiger partial charge < -0.3 is 4.74 Å². The van der Waals surface area contributed by atoms with Gasteiger partial charge in [0.15, 0.2) is 0 Å². The Morgan fingerprint density at radius 1 is 1.70 bits per heavy atom. The van der Waals surface area contributed by atoms with Gasteiger partial charge in [0.05, 0.1) is 7.11 Å². The zero-order chi connectivity index (χ0) is 7.82. The van der Waals surface area contributed by atoms with E-state index in [1.54, 1.807) is 17.2 Å². The highest BCUT2D eigenvalue weighted by molar-refractivity contribution is 8.02. The van der Waals surface area contributed by atoms with E-state index in [-0.39, 0.29) is 5.97 Å². The zero-order valence-corrected chi connectivity index (χ0v) is 7.11. The molecule has 0 N–H and O–H groups in total. The summed E-state index contributed by atoms with van der Waals surface area (Å²) in [5.41, 5.74) is 0. The summed E-state index contributed by atoms with van der Waals surface area (Å²) in [5, 5.41) is 1.76. The highest BCUT2D eigenvalue weighted by Gasteiger charge is 1.88. The van der Waals surface area contributed by atoms with Crippen molar-refractivity contribution in [1.29, 1.82) is 0 Å². The molecular formula is C7H12O2S. The van der Waals surface area contributed by atoms with Gasteiger partial charge in [-0.1, -0.05) is 6.92 Å². The second-order valence-corrected chi connectivity index (χ2v) is 2.71. The Morgan fingerprint density at radius 3 is 2.90 bits per heavy atom. The fraction of sp³-hybridized carbons (Fsp3) is 0.571. The number of hydrogen-bond donors (Lipinski definition) is 0. The molecule has 0 spiro atoms. The number of rotatable bonds is 4. The van der Waals surface area contributed by atoms with E-state index in [0.29, 0.717) is 0 Å². The Bertz CT molecular complexity index is 121. The lowest BCUT2D eigenvalue weighted by Gasteiger charge is -1.89. The van der Waals surface area contributed by atoms with Crippen LogP contribution in [0.2, 0.25) is 0 Å². The summed E-state index contributed by atoms with van der Waals surface area (Å²) < 4.78 is 4.39. The van der Waals surface area contributed by atoms with Gasteiger partial charge in [-0.3, -0.25) is 0 Å². The molecule has 0 saturated carbocycles. The molecule has 0 heterocycles. The fourth-order valence-corrected chi connectivity index (χ4v) is 0.937. The number of carbonyl (C=O) groups excluding carboxylic acids is 1. The van der Waals surface area contributed by atoms with Crippen molar-refractivity contribution in [2.24, 2.45) is 0 Å². The molecule has 0 saturated heterocycles. The van der Waals surface area contributed by atoms with Gasteiger partial charge in [-0.25, -0.2) is 4.79 Å². The molecule has 0 bridgehead atoms. The molecule has 0 amide bonds. The Labute approximate surface area is 65.6 Å². The largest absolute Gasteiger partial charge is 0.466 e. The van der Waals surface area contributed by atoms with Gasteiger partial charge in [-0.15, -0.1) is 11.8 Å². The molecule has 2 nitrogen and oxygen atoms in total. The smallest absolute Gasteiger partial charge is 0.330 e. The third-order valence-electron chi connectivity index (χ3n) is 0.824. The molecule has 0 aromatic rings. The summed E-state index contributed by atoms with van der Waals surface area (Å²) >= 11 is 1.62. The van der Waals surface area contributed by atoms with Crippen molar-refractivity contribution in [1.82, 2.24) is 0 Å². The van der Waals surface area contributed by atoms with Gasteiger partial charge in [0.2, 0.25) is 0 Å². The number of ether oxygens (including phenoxy) is 1. The van der Waals surface area contributed by atoms with Crippen molar-refractivity contribution in [2.75, 3.05) is 12.9 Å². The molecule has 0 rings (SSSR count). The van der Waals surface area contributed by atoms with E-state index in [9.17, 15) is 4.79 Å². The van der Waals surface area contributed by atoms with Crippen molar-refractivity contribution in [3.63, 3.8) is 0 Å². The summed E-state index contributed by atoms with van der Waals surface area (Å²) in [4.78, 5) is 10.5. The van der Waals surface area contributed by atoms with Crippen LogP contribution in [0.3, 0.4) is 0 Å². The van der Waals surface area contributed by atoms with Crippen molar-refractivity contribution < 1.29 is 9.53 Å². The van der Waals surface area contributed by atoms with Crippen molar-refractivity contribution >= 4 is 17.7 Å². The minimum atomic E-state index is -0.288. The quantitative estimate of drug-likeness (QED) is 0.356. The number of esters is 1. The average molecular weight is 160 g/mol. The lowest BCUT2D eigenvalue weighted by atomic mass is 10.6. The molecule has 10 heavy (non-hydrogen) atoms. The van der Waals surface area contributed by atoms with Crippen LogP contribution in [-0.4, -0.2) is 18.8 Å². The standard InChI is InChI=1S/C7H12O2S/c1-3-5-10-6-4-7(8)9-2/h4,6H,3,5H2,1-2H3/b6-4+. The van der Waals surface area contributed by atoms with Crippen LogP contribution in [0, 0.1) is 0 Å². The summed E-state index contributed by atoms with van der Waals surface area (Å²) in [7, 11) is 1.37. The number of carbonyl (C=O) groups is 1. The normalized spacial score (nSPS) is 10.2. The molecule has 3 heteroatoms. The third-order valence-corrected chi connectivity index (χ3v) is 1.80. The predicted molar refractivity (Wildman–Crippen MR) is 43.9 cm³/mol. The fourth-order valence-electron chi connectivity index (χ4n) is 0.358. The molecule has 0 fully saturated rings. The van der Waals surface area contributed by atoms with Crippen molar-refractivity contribution in [3.8, 4) is 0 Å². The minimum absolute atomic E-state index is 0.288. The van der Waals surface area contributed by atoms with Crippen LogP contribution in [-0.2, 0) is 9.53 Å². The van der Waals surface area contributed by atoms with Crippen LogP contribution >= 0.6 is 11.8 Å². The lowest BCUT2D eigenvalue weighted by Crippen LogP contribution is -1.92. The van der Waals surface area contributed by atoms with Crippen molar-refractivity contribution in [3.05, 3.63) is 11.5 Å². The van der Waals surface area contributed by atoms with E-state index in [1.807, 2.05) is 0 Å². The minimum Gasteiger partial charge on any atom is -0.466 e. The molecule has 0 radical (unpaired) electrons. The molecule has 0 aliphatic carbocycles. The first kappa shape index (κ1) is 9.56. The Morgan fingerprint density at radius 2 is 2.40 bits per heavy atom. The maximum atomic E-state index is 10.5. The van der Waals surface area contributed by atoms with E-state index < -0.39 is 0 Å². The first-order valence-electron chi connectivity index (χ1n) is 3.17. The molecule has 0 unspecified atom stereocenters. The third kappa shape index (κ3) is 5.69. The first-order chi connectivity index (χ1) is 4.81. The van der Waals surface area contributed by atoms with Crippen LogP contribution in [0.15, 0.2) is 11.5 Å². The summed E-state index contributed by atoms with van der Waals surface area (Å²) in [6.45, 7) is 2.10. The highest BCUT2D eigenvalue weighted by atomic mass is 32.2. The first-order valence-corrected chi connectivity index (χ1v) is 4.22. The molecule has 0 aliphatic heterocycles. The lowest BCUT2D eigenvalue weighted by molar-refractivity contribution is -0.134. The van der Waals surface area contributed by atoms with Gasteiger partial charge in [-0.05, 0) is 17.6 Å². The maximum absolute atomic E-state index is 10.5. The van der Waals surface area contributed by atoms with Crippen LogP contribution in [0.1, 0.15) is 13.3 Å². The molecule has 58 valence electrons. The summed E-state index contributed by atoms with van der Waals surface area (Å²) in [5.74, 6) is 0.761. The van der Waals surface area contributed by atoms with E-state index in [1.165, 1.54) is 13.2 Å². The molecule has 0 aromatic heterocycles. The summed E-state index contributed by atoms with van der Waals surface area (Å²) in [6.07, 6.45) is 2.55. The average Bonchev–Trinajstić information content (AvgIpc) is 1.98. The van der Waals surface area contributed by atoms with Gasteiger partial charge >= 0.3 is 5.97 Å². The summed E-state index contributed by atoms with van der Waals surface area (Å²) in [6, 6.07) is 0. The molecule has 0 aliphatic rings. The second kappa shape index (κ2) is 6.68. The Kier molecular flexibility index (Phi) is 6.38. The molecular weight excluding hydrogens is 148 g/mol. The monoisotopic (exact) mass is 160 g/mol. The van der Waals surface area contributed by atoms with Crippen LogP contribution < -0.4 is 0 Å². The zero-order valence-electron chi connectivity index (χ0n) is 6.29. The highest BCUT2D eigenvalue weighted by Crippen LogP contribution is 2.02. The molecule has 0 aromatic carbocycles. The maximum Gasteiger partial charge on any atom is 0.330 e. The predicted octanol–water partition coefficient (Wildman–Crippen LogP) is 1.82. The van der Waals surface area contributed by atoms with E-state index in [2.05, 4.69) is 11.7 Å². The van der Waals surface area contributed by atoms with Crippen LogP contribution in [0.4, 0.5) is 0 Å². The van der Waals surface area contributed by atoms with Crippen LogP contribution in [0.5, 0.6) is 0 Å². The van der Waals surface area contributed by atoms with E-state index >= 15 is 0 Å².